The van der Waals surface area contributed by atoms with Gasteiger partial charge >= 0.3 is 0 Å². The van der Waals surface area contributed by atoms with Crippen LogP contribution in [-0.4, -0.2) is 54.3 Å². The van der Waals surface area contributed by atoms with Crippen LogP contribution in [0.2, 0.25) is 0 Å². The standard InChI is InChI=1S/C28H33N5/c1-5-22(19-33(3)4)23-9-7-10-24(15-23)28-31-18-26(25-14-20(2)30-17-25)27(32-28)11-6-8-21-12-13-29-16-21/h5-7,9-11,14-15,17-21,29H,1,8,12-13,16H2,2-4H3/b11-6+,22-19+. The van der Waals surface area contributed by atoms with Crippen molar-refractivity contribution in [2.75, 3.05) is 27.2 Å². The maximum atomic E-state index is 4.99. The van der Waals surface area contributed by atoms with Crippen molar-refractivity contribution < 1.29 is 0 Å². The summed E-state index contributed by atoms with van der Waals surface area (Å²) in [5.41, 5.74) is 6.20. The van der Waals surface area contributed by atoms with E-state index in [1.54, 1.807) is 0 Å². The first-order chi connectivity index (χ1) is 16.0. The number of nitrogens with zero attached hydrogens (tertiary/aromatic N) is 4. The summed E-state index contributed by atoms with van der Waals surface area (Å²) < 4.78 is 0. The van der Waals surface area contributed by atoms with E-state index in [0.29, 0.717) is 5.92 Å². The fourth-order valence-electron chi connectivity index (χ4n) is 4.24. The van der Waals surface area contributed by atoms with Crippen molar-refractivity contribution in [3.63, 3.8) is 0 Å². The first-order valence-electron chi connectivity index (χ1n) is 11.6. The van der Waals surface area contributed by atoms with Crippen molar-refractivity contribution in [1.29, 1.82) is 0 Å². The van der Waals surface area contributed by atoms with Crippen LogP contribution < -0.4 is 5.32 Å². The van der Waals surface area contributed by atoms with Crippen LogP contribution >= 0.6 is 0 Å². The molecule has 0 radical (unpaired) electrons. The monoisotopic (exact) mass is 439 g/mol. The topological polar surface area (TPSA) is 53.4 Å². The Hall–Kier alpha value is -3.31. The minimum atomic E-state index is 0.193. The summed E-state index contributed by atoms with van der Waals surface area (Å²) in [7, 11) is 4.02. The average molecular weight is 440 g/mol. The highest BCUT2D eigenvalue weighted by Gasteiger charge is 2.16. The number of rotatable bonds is 8. The molecule has 2 atom stereocenters. The lowest BCUT2D eigenvalue weighted by Crippen LogP contribution is -2.08. The first kappa shape index (κ1) is 22.9. The molecule has 1 N–H and O–H groups in total. The van der Waals surface area contributed by atoms with E-state index in [0.717, 1.165) is 58.9 Å². The molecule has 0 saturated carbocycles. The van der Waals surface area contributed by atoms with Crippen LogP contribution in [-0.2, 0) is 0 Å². The molecular formula is C28H33N5. The summed E-state index contributed by atoms with van der Waals surface area (Å²) in [6, 6.07) is 8.52. The minimum Gasteiger partial charge on any atom is -0.383 e. The zero-order valence-electron chi connectivity index (χ0n) is 19.8. The Morgan fingerprint density at radius 3 is 2.88 bits per heavy atom. The van der Waals surface area contributed by atoms with Gasteiger partial charge in [0.25, 0.3) is 0 Å². The summed E-state index contributed by atoms with van der Waals surface area (Å²) in [6.07, 6.45) is 16.7. The minimum absolute atomic E-state index is 0.193. The molecule has 2 aliphatic rings. The van der Waals surface area contributed by atoms with Crippen LogP contribution in [0.5, 0.6) is 0 Å². The third kappa shape index (κ3) is 5.74. The van der Waals surface area contributed by atoms with Crippen molar-refractivity contribution in [3.05, 3.63) is 78.3 Å². The molecule has 0 spiro atoms. The number of aliphatic imine (C=N–C) groups is 1. The van der Waals surface area contributed by atoms with Crippen LogP contribution in [0.15, 0.2) is 66.5 Å². The molecule has 1 aromatic heterocycles. The second-order valence-corrected chi connectivity index (χ2v) is 8.96. The highest BCUT2D eigenvalue weighted by molar-refractivity contribution is 6.12. The number of hydrogen-bond acceptors (Lipinski definition) is 5. The molecule has 1 fully saturated rings. The summed E-state index contributed by atoms with van der Waals surface area (Å²) >= 11 is 0. The predicted molar refractivity (Wildman–Crippen MR) is 140 cm³/mol. The normalized spacial score (nSPS) is 20.5. The van der Waals surface area contributed by atoms with Crippen LogP contribution in [0.4, 0.5) is 0 Å². The van der Waals surface area contributed by atoms with E-state index in [-0.39, 0.29) is 6.04 Å². The average Bonchev–Trinajstić information content (AvgIpc) is 3.49. The lowest BCUT2D eigenvalue weighted by atomic mass is 10.0. The quantitative estimate of drug-likeness (QED) is 0.582. The van der Waals surface area contributed by atoms with Crippen molar-refractivity contribution in [3.8, 4) is 11.4 Å². The molecule has 5 heteroatoms. The van der Waals surface area contributed by atoms with Gasteiger partial charge in [0.2, 0.25) is 0 Å². The van der Waals surface area contributed by atoms with Gasteiger partial charge in [-0.1, -0.05) is 43.0 Å². The Labute approximate surface area is 197 Å². The van der Waals surface area contributed by atoms with Gasteiger partial charge in [-0.05, 0) is 62.1 Å². The lowest BCUT2D eigenvalue weighted by molar-refractivity contribution is 0.566. The molecule has 0 amide bonds. The molecule has 2 unspecified atom stereocenters. The number of benzene rings is 1. The first-order valence-corrected chi connectivity index (χ1v) is 11.6. The zero-order valence-corrected chi connectivity index (χ0v) is 19.8. The van der Waals surface area contributed by atoms with E-state index < -0.39 is 0 Å². The molecule has 4 rings (SSSR count). The van der Waals surface area contributed by atoms with Gasteiger partial charge in [0.1, 0.15) is 0 Å². The van der Waals surface area contributed by atoms with Gasteiger partial charge in [-0.25, -0.2) is 9.97 Å². The molecule has 1 saturated heterocycles. The van der Waals surface area contributed by atoms with Gasteiger partial charge < -0.3 is 10.2 Å². The summed E-state index contributed by atoms with van der Waals surface area (Å²) in [5, 5.41) is 3.44. The van der Waals surface area contributed by atoms with Gasteiger partial charge in [-0.2, -0.15) is 0 Å². The van der Waals surface area contributed by atoms with Gasteiger partial charge in [0.15, 0.2) is 5.82 Å². The molecule has 1 aromatic carbocycles. The maximum Gasteiger partial charge on any atom is 0.159 e. The molecule has 0 bridgehead atoms. The van der Waals surface area contributed by atoms with Crippen molar-refractivity contribution >= 4 is 23.4 Å². The molecule has 33 heavy (non-hydrogen) atoms. The second-order valence-electron chi connectivity index (χ2n) is 8.96. The van der Waals surface area contributed by atoms with E-state index in [9.17, 15) is 0 Å². The highest BCUT2D eigenvalue weighted by atomic mass is 15.0. The fourth-order valence-corrected chi connectivity index (χ4v) is 4.24. The third-order valence-corrected chi connectivity index (χ3v) is 5.98. The molecule has 170 valence electrons. The van der Waals surface area contributed by atoms with E-state index in [1.807, 2.05) is 43.5 Å². The van der Waals surface area contributed by atoms with E-state index in [2.05, 4.69) is 66.4 Å². The third-order valence-electron chi connectivity index (χ3n) is 5.98. The van der Waals surface area contributed by atoms with Gasteiger partial charge in [-0.3, -0.25) is 4.99 Å². The van der Waals surface area contributed by atoms with Crippen LogP contribution in [0.3, 0.4) is 0 Å². The van der Waals surface area contributed by atoms with Gasteiger partial charge in [0.05, 0.1) is 11.7 Å². The number of hydrogen-bond donors (Lipinski definition) is 1. The largest absolute Gasteiger partial charge is 0.383 e. The lowest BCUT2D eigenvalue weighted by Gasteiger charge is -2.11. The van der Waals surface area contributed by atoms with Gasteiger partial charge in [0, 0.05) is 49.4 Å². The number of nitrogens with one attached hydrogen (secondary N) is 1. The summed E-state index contributed by atoms with van der Waals surface area (Å²) in [6.45, 7) is 8.28. The highest BCUT2D eigenvalue weighted by Crippen LogP contribution is 2.27. The Balaban J connectivity index is 1.69. The van der Waals surface area contributed by atoms with Gasteiger partial charge in [-0.15, -0.1) is 0 Å². The zero-order chi connectivity index (χ0) is 23.2. The van der Waals surface area contributed by atoms with Crippen LogP contribution in [0.1, 0.15) is 36.6 Å². The SMILES string of the molecule is C=C/C(=C\N(C)C)c1cccc(-c2ncc(C3=CC(C)N=C3)c(/C=C/CC3CCNC3)n2)c1. The smallest absolute Gasteiger partial charge is 0.159 e. The van der Waals surface area contributed by atoms with Crippen molar-refractivity contribution in [2.24, 2.45) is 10.9 Å². The predicted octanol–water partition coefficient (Wildman–Crippen LogP) is 5.10. The Morgan fingerprint density at radius 2 is 2.18 bits per heavy atom. The second kappa shape index (κ2) is 10.5. The van der Waals surface area contributed by atoms with Crippen LogP contribution in [0, 0.1) is 5.92 Å². The van der Waals surface area contributed by atoms with Crippen molar-refractivity contribution in [2.45, 2.75) is 25.8 Å². The van der Waals surface area contributed by atoms with Crippen molar-refractivity contribution in [1.82, 2.24) is 20.2 Å². The Kier molecular flexibility index (Phi) is 7.30. The molecular weight excluding hydrogens is 406 g/mol. The number of aromatic nitrogens is 2. The Bertz CT molecular complexity index is 1120. The van der Waals surface area contributed by atoms with Crippen LogP contribution in [0.25, 0.3) is 28.6 Å². The summed E-state index contributed by atoms with van der Waals surface area (Å²) in [4.78, 5) is 16.3. The van der Waals surface area contributed by atoms with E-state index in [1.165, 1.54) is 6.42 Å². The fraction of sp³-hybridized carbons (Fsp3) is 0.321. The molecule has 5 nitrogen and oxygen atoms in total. The van der Waals surface area contributed by atoms with E-state index in [4.69, 9.17) is 9.97 Å². The molecule has 2 aromatic rings. The molecule has 3 heterocycles. The molecule has 0 aliphatic carbocycles. The Morgan fingerprint density at radius 1 is 1.30 bits per heavy atom. The summed E-state index contributed by atoms with van der Waals surface area (Å²) in [5.74, 6) is 1.43. The number of allylic oxidation sites excluding steroid dienone is 4. The molecule has 2 aliphatic heterocycles. The maximum absolute atomic E-state index is 4.99. The van der Waals surface area contributed by atoms with E-state index >= 15 is 0 Å².